The minimum Gasteiger partial charge on any atom is -0.331 e. The van der Waals surface area contributed by atoms with Gasteiger partial charge in [0.25, 0.3) is 0 Å². The topological polar surface area (TPSA) is 41.1 Å². The number of anilines is 1. The Bertz CT molecular complexity index is 697. The maximum Gasteiger partial charge on any atom is 0.319 e. The number of carbonyl (C=O) groups is 1. The first-order valence-electron chi connectivity index (χ1n) is 7.27. The SMILES string of the molecule is Cc1cc(C)c([C@H](C)NC(=O)Nc2cccc(Cl)c2)cc1C. The lowest BCUT2D eigenvalue weighted by Gasteiger charge is -2.19. The second-order valence-electron chi connectivity index (χ2n) is 5.62. The van der Waals surface area contributed by atoms with Gasteiger partial charge in [-0.25, -0.2) is 4.79 Å². The third-order valence-corrected chi connectivity index (χ3v) is 4.01. The Labute approximate surface area is 136 Å². The van der Waals surface area contributed by atoms with Gasteiger partial charge in [0.1, 0.15) is 0 Å². The molecule has 0 aliphatic rings. The zero-order valence-corrected chi connectivity index (χ0v) is 14.1. The first kappa shape index (κ1) is 16.4. The number of amides is 2. The zero-order chi connectivity index (χ0) is 16.3. The summed E-state index contributed by atoms with van der Waals surface area (Å²) in [5.41, 5.74) is 5.47. The molecule has 3 nitrogen and oxygen atoms in total. The maximum atomic E-state index is 12.1. The van der Waals surface area contributed by atoms with Gasteiger partial charge in [0, 0.05) is 10.7 Å². The summed E-state index contributed by atoms with van der Waals surface area (Å²) in [5.74, 6) is 0. The Balaban J connectivity index is 2.07. The smallest absolute Gasteiger partial charge is 0.319 e. The van der Waals surface area contributed by atoms with Crippen molar-refractivity contribution in [1.82, 2.24) is 5.32 Å². The van der Waals surface area contributed by atoms with Gasteiger partial charge in [-0.3, -0.25) is 0 Å². The number of halogens is 1. The van der Waals surface area contributed by atoms with E-state index in [1.807, 2.05) is 6.92 Å². The van der Waals surface area contributed by atoms with Crippen LogP contribution in [-0.4, -0.2) is 6.03 Å². The van der Waals surface area contributed by atoms with Crippen LogP contribution in [-0.2, 0) is 0 Å². The van der Waals surface area contributed by atoms with Crippen LogP contribution in [0.15, 0.2) is 36.4 Å². The fraction of sp³-hybridized carbons (Fsp3) is 0.278. The molecule has 116 valence electrons. The Morgan fingerprint density at radius 3 is 2.41 bits per heavy atom. The van der Waals surface area contributed by atoms with Crippen LogP contribution in [0.2, 0.25) is 5.02 Å². The highest BCUT2D eigenvalue weighted by Crippen LogP contribution is 2.22. The number of nitrogens with one attached hydrogen (secondary N) is 2. The van der Waals surface area contributed by atoms with Gasteiger partial charge in [-0.05, 0) is 68.1 Å². The van der Waals surface area contributed by atoms with E-state index in [-0.39, 0.29) is 12.1 Å². The molecule has 0 spiro atoms. The minimum atomic E-state index is -0.243. The van der Waals surface area contributed by atoms with Crippen LogP contribution in [0, 0.1) is 20.8 Å². The van der Waals surface area contributed by atoms with Crippen molar-refractivity contribution < 1.29 is 4.79 Å². The van der Waals surface area contributed by atoms with Crippen LogP contribution in [0.5, 0.6) is 0 Å². The van der Waals surface area contributed by atoms with E-state index < -0.39 is 0 Å². The molecule has 2 aromatic rings. The van der Waals surface area contributed by atoms with Crippen molar-refractivity contribution in [1.29, 1.82) is 0 Å². The predicted molar refractivity (Wildman–Crippen MR) is 92.7 cm³/mol. The molecule has 2 amide bonds. The van der Waals surface area contributed by atoms with Crippen molar-refractivity contribution in [2.75, 3.05) is 5.32 Å². The minimum absolute atomic E-state index is 0.0708. The highest BCUT2D eigenvalue weighted by molar-refractivity contribution is 6.30. The molecular formula is C18H21ClN2O. The summed E-state index contributed by atoms with van der Waals surface area (Å²) >= 11 is 5.91. The lowest BCUT2D eigenvalue weighted by Crippen LogP contribution is -2.31. The summed E-state index contributed by atoms with van der Waals surface area (Å²) in [6.07, 6.45) is 0. The van der Waals surface area contributed by atoms with Gasteiger partial charge in [0.05, 0.1) is 6.04 Å². The van der Waals surface area contributed by atoms with Gasteiger partial charge >= 0.3 is 6.03 Å². The summed E-state index contributed by atoms with van der Waals surface area (Å²) in [6, 6.07) is 11.1. The van der Waals surface area contributed by atoms with Crippen LogP contribution >= 0.6 is 11.6 Å². The third-order valence-electron chi connectivity index (χ3n) is 3.78. The van der Waals surface area contributed by atoms with Gasteiger partial charge in [-0.1, -0.05) is 29.8 Å². The standard InChI is InChI=1S/C18H21ClN2O/c1-11-8-13(3)17(9-12(11)2)14(4)20-18(22)21-16-7-5-6-15(19)10-16/h5-10,14H,1-4H3,(H2,20,21,22)/t14-/m0/s1. The Hall–Kier alpha value is -2.00. The number of rotatable bonds is 3. The van der Waals surface area contributed by atoms with Crippen molar-refractivity contribution in [3.05, 3.63) is 63.7 Å². The molecule has 2 aromatic carbocycles. The van der Waals surface area contributed by atoms with Gasteiger partial charge in [-0.2, -0.15) is 0 Å². The highest BCUT2D eigenvalue weighted by atomic mass is 35.5. The molecule has 22 heavy (non-hydrogen) atoms. The molecule has 0 radical (unpaired) electrons. The summed E-state index contributed by atoms with van der Waals surface area (Å²) in [6.45, 7) is 8.22. The van der Waals surface area contributed by atoms with E-state index in [9.17, 15) is 4.79 Å². The molecule has 0 fully saturated rings. The Morgan fingerprint density at radius 2 is 1.73 bits per heavy atom. The second-order valence-corrected chi connectivity index (χ2v) is 6.06. The van der Waals surface area contributed by atoms with Crippen molar-refractivity contribution in [2.24, 2.45) is 0 Å². The van der Waals surface area contributed by atoms with E-state index in [1.165, 1.54) is 16.7 Å². The summed E-state index contributed by atoms with van der Waals surface area (Å²) in [7, 11) is 0. The molecule has 0 saturated carbocycles. The molecule has 1 atom stereocenters. The lowest BCUT2D eigenvalue weighted by molar-refractivity contribution is 0.249. The molecule has 2 rings (SSSR count). The molecular weight excluding hydrogens is 296 g/mol. The second kappa shape index (κ2) is 6.84. The number of aryl methyl sites for hydroxylation is 3. The van der Waals surface area contributed by atoms with E-state index in [0.717, 1.165) is 5.56 Å². The predicted octanol–water partition coefficient (Wildman–Crippen LogP) is 5.15. The number of carbonyl (C=O) groups excluding carboxylic acids is 1. The lowest BCUT2D eigenvalue weighted by atomic mass is 9.97. The number of hydrogen-bond donors (Lipinski definition) is 2. The average molecular weight is 317 g/mol. The van der Waals surface area contributed by atoms with Gasteiger partial charge in [0.15, 0.2) is 0 Å². The number of urea groups is 1. The van der Waals surface area contributed by atoms with E-state index in [2.05, 4.69) is 43.5 Å². The third kappa shape index (κ3) is 4.01. The number of hydrogen-bond acceptors (Lipinski definition) is 1. The molecule has 0 bridgehead atoms. The van der Waals surface area contributed by atoms with E-state index >= 15 is 0 Å². The van der Waals surface area contributed by atoms with Crippen LogP contribution < -0.4 is 10.6 Å². The molecule has 0 unspecified atom stereocenters. The summed E-state index contributed by atoms with van der Waals surface area (Å²) < 4.78 is 0. The Morgan fingerprint density at radius 1 is 1.05 bits per heavy atom. The molecule has 2 N–H and O–H groups in total. The first-order valence-corrected chi connectivity index (χ1v) is 7.65. The molecule has 0 heterocycles. The van der Waals surface area contributed by atoms with Crippen molar-refractivity contribution in [3.63, 3.8) is 0 Å². The Kier molecular flexibility index (Phi) is 5.09. The fourth-order valence-corrected chi connectivity index (χ4v) is 2.65. The van der Waals surface area contributed by atoms with Gasteiger partial charge in [0.2, 0.25) is 0 Å². The fourth-order valence-electron chi connectivity index (χ4n) is 2.46. The molecule has 0 saturated heterocycles. The van der Waals surface area contributed by atoms with E-state index in [1.54, 1.807) is 24.3 Å². The van der Waals surface area contributed by atoms with Crippen molar-refractivity contribution in [3.8, 4) is 0 Å². The quantitative estimate of drug-likeness (QED) is 0.808. The first-order chi connectivity index (χ1) is 10.4. The van der Waals surface area contributed by atoms with Crippen LogP contribution in [0.25, 0.3) is 0 Å². The van der Waals surface area contributed by atoms with Crippen molar-refractivity contribution in [2.45, 2.75) is 33.7 Å². The maximum absolute atomic E-state index is 12.1. The molecule has 4 heteroatoms. The van der Waals surface area contributed by atoms with Gasteiger partial charge < -0.3 is 10.6 Å². The monoisotopic (exact) mass is 316 g/mol. The summed E-state index contributed by atoms with van der Waals surface area (Å²) in [4.78, 5) is 12.1. The van der Waals surface area contributed by atoms with Crippen LogP contribution in [0.3, 0.4) is 0 Å². The number of benzene rings is 2. The van der Waals surface area contributed by atoms with Gasteiger partial charge in [-0.15, -0.1) is 0 Å². The zero-order valence-electron chi connectivity index (χ0n) is 13.3. The van der Waals surface area contributed by atoms with Crippen molar-refractivity contribution >= 4 is 23.3 Å². The largest absolute Gasteiger partial charge is 0.331 e. The molecule has 0 aliphatic carbocycles. The van der Waals surface area contributed by atoms with Crippen LogP contribution in [0.4, 0.5) is 10.5 Å². The summed E-state index contributed by atoms with van der Waals surface area (Å²) in [5, 5.41) is 6.35. The highest BCUT2D eigenvalue weighted by Gasteiger charge is 2.13. The van der Waals surface area contributed by atoms with Crippen LogP contribution in [0.1, 0.15) is 35.2 Å². The van der Waals surface area contributed by atoms with E-state index in [4.69, 9.17) is 11.6 Å². The molecule has 0 aromatic heterocycles. The normalized spacial score (nSPS) is 11.9. The van der Waals surface area contributed by atoms with E-state index in [0.29, 0.717) is 10.7 Å². The molecule has 0 aliphatic heterocycles. The average Bonchev–Trinajstić information content (AvgIpc) is 2.42.